The molecule has 0 amide bonds. The number of aryl methyl sites for hydroxylation is 1. The Balaban J connectivity index is 2.62. The normalized spacial score (nSPS) is 10.1. The van der Waals surface area contributed by atoms with E-state index in [-0.39, 0.29) is 0 Å². The Morgan fingerprint density at radius 3 is 2.80 bits per heavy atom. The van der Waals surface area contributed by atoms with Gasteiger partial charge in [0.25, 0.3) is 0 Å². The Labute approximate surface area is 90.3 Å². The second-order valence-electron chi connectivity index (χ2n) is 3.17. The molecule has 1 aromatic heterocycles. The van der Waals surface area contributed by atoms with Gasteiger partial charge in [0.2, 0.25) is 5.95 Å². The molecule has 0 aromatic carbocycles. The molecule has 0 saturated carbocycles. The highest BCUT2D eigenvalue weighted by molar-refractivity contribution is 5.41. The quantitative estimate of drug-likeness (QED) is 0.692. The van der Waals surface area contributed by atoms with Gasteiger partial charge in [-0.25, -0.2) is 4.98 Å². The molecule has 5 heteroatoms. The van der Waals surface area contributed by atoms with Crippen molar-refractivity contribution in [3.05, 3.63) is 11.8 Å². The maximum Gasteiger partial charge on any atom is 0.224 e. The van der Waals surface area contributed by atoms with Gasteiger partial charge in [0.1, 0.15) is 5.82 Å². The zero-order valence-electron chi connectivity index (χ0n) is 9.50. The molecule has 1 rings (SSSR count). The van der Waals surface area contributed by atoms with Gasteiger partial charge in [-0.05, 0) is 13.8 Å². The van der Waals surface area contributed by atoms with Crippen LogP contribution in [0.5, 0.6) is 0 Å². The first kappa shape index (κ1) is 11.7. The Morgan fingerprint density at radius 1 is 1.33 bits per heavy atom. The number of rotatable bonds is 6. The molecule has 1 aromatic rings. The summed E-state index contributed by atoms with van der Waals surface area (Å²) < 4.78 is 4.95. The third kappa shape index (κ3) is 4.12. The van der Waals surface area contributed by atoms with Crippen molar-refractivity contribution in [2.75, 3.05) is 37.4 Å². The standard InChI is InChI=1S/C10H18N4O/c1-4-11-10-13-8(2)7-9(14-10)12-5-6-15-3/h7H,4-6H2,1-3H3,(H2,11,12,13,14). The van der Waals surface area contributed by atoms with Crippen LogP contribution in [0.2, 0.25) is 0 Å². The number of nitrogens with one attached hydrogen (secondary N) is 2. The van der Waals surface area contributed by atoms with E-state index in [1.165, 1.54) is 0 Å². The predicted molar refractivity (Wildman–Crippen MR) is 61.3 cm³/mol. The van der Waals surface area contributed by atoms with Gasteiger partial charge in [-0.2, -0.15) is 4.98 Å². The number of hydrogen-bond acceptors (Lipinski definition) is 5. The zero-order valence-corrected chi connectivity index (χ0v) is 9.50. The Morgan fingerprint density at radius 2 is 2.13 bits per heavy atom. The van der Waals surface area contributed by atoms with Gasteiger partial charge in [-0.15, -0.1) is 0 Å². The third-order valence-electron chi connectivity index (χ3n) is 1.80. The van der Waals surface area contributed by atoms with Crippen LogP contribution in [0.4, 0.5) is 11.8 Å². The zero-order chi connectivity index (χ0) is 11.1. The summed E-state index contributed by atoms with van der Waals surface area (Å²) in [4.78, 5) is 8.56. The fourth-order valence-corrected chi connectivity index (χ4v) is 1.18. The van der Waals surface area contributed by atoms with Gasteiger partial charge in [-0.3, -0.25) is 0 Å². The van der Waals surface area contributed by atoms with Crippen LogP contribution in [0, 0.1) is 6.92 Å². The maximum absolute atomic E-state index is 4.95. The molecule has 0 bridgehead atoms. The number of ether oxygens (including phenoxy) is 1. The summed E-state index contributed by atoms with van der Waals surface area (Å²) in [5.74, 6) is 1.49. The minimum atomic E-state index is 0.664. The summed E-state index contributed by atoms with van der Waals surface area (Å²) in [5, 5.41) is 6.25. The summed E-state index contributed by atoms with van der Waals surface area (Å²) in [6.07, 6.45) is 0. The number of methoxy groups -OCH3 is 1. The van der Waals surface area contributed by atoms with Crippen molar-refractivity contribution in [2.45, 2.75) is 13.8 Å². The molecule has 0 aliphatic heterocycles. The van der Waals surface area contributed by atoms with Gasteiger partial charge >= 0.3 is 0 Å². The van der Waals surface area contributed by atoms with Crippen LogP contribution in [0.15, 0.2) is 6.07 Å². The van der Waals surface area contributed by atoms with E-state index < -0.39 is 0 Å². The van der Waals surface area contributed by atoms with Gasteiger partial charge in [0.15, 0.2) is 0 Å². The summed E-state index contributed by atoms with van der Waals surface area (Å²) in [5.41, 5.74) is 0.945. The van der Waals surface area contributed by atoms with Crippen LogP contribution in [-0.4, -0.2) is 36.8 Å². The third-order valence-corrected chi connectivity index (χ3v) is 1.80. The van der Waals surface area contributed by atoms with E-state index in [0.29, 0.717) is 12.6 Å². The Kier molecular flexibility index (Phi) is 4.83. The van der Waals surface area contributed by atoms with E-state index in [4.69, 9.17) is 4.74 Å². The van der Waals surface area contributed by atoms with Crippen molar-refractivity contribution in [3.8, 4) is 0 Å². The molecule has 0 radical (unpaired) electrons. The monoisotopic (exact) mass is 210 g/mol. The van der Waals surface area contributed by atoms with E-state index in [1.807, 2.05) is 19.9 Å². The second-order valence-corrected chi connectivity index (χ2v) is 3.17. The van der Waals surface area contributed by atoms with Gasteiger partial charge in [0.05, 0.1) is 6.61 Å². The second kappa shape index (κ2) is 6.19. The van der Waals surface area contributed by atoms with Crippen molar-refractivity contribution < 1.29 is 4.74 Å². The van der Waals surface area contributed by atoms with Crippen LogP contribution >= 0.6 is 0 Å². The van der Waals surface area contributed by atoms with Crippen LogP contribution in [0.1, 0.15) is 12.6 Å². The Hall–Kier alpha value is -1.36. The lowest BCUT2D eigenvalue weighted by Crippen LogP contribution is -2.11. The van der Waals surface area contributed by atoms with Crippen LogP contribution in [-0.2, 0) is 4.74 Å². The minimum Gasteiger partial charge on any atom is -0.383 e. The number of hydrogen-bond donors (Lipinski definition) is 2. The van der Waals surface area contributed by atoms with Crippen LogP contribution in [0.3, 0.4) is 0 Å². The predicted octanol–water partition coefficient (Wildman–Crippen LogP) is 1.28. The van der Waals surface area contributed by atoms with Crippen molar-refractivity contribution in [2.24, 2.45) is 0 Å². The summed E-state index contributed by atoms with van der Waals surface area (Å²) in [6.45, 7) is 6.20. The highest BCUT2D eigenvalue weighted by atomic mass is 16.5. The largest absolute Gasteiger partial charge is 0.383 e. The molecule has 0 fully saturated rings. The van der Waals surface area contributed by atoms with Crippen molar-refractivity contribution in [3.63, 3.8) is 0 Å². The first-order valence-corrected chi connectivity index (χ1v) is 5.08. The van der Waals surface area contributed by atoms with Crippen molar-refractivity contribution >= 4 is 11.8 Å². The van der Waals surface area contributed by atoms with E-state index in [9.17, 15) is 0 Å². The van der Waals surface area contributed by atoms with E-state index >= 15 is 0 Å². The van der Waals surface area contributed by atoms with Crippen LogP contribution < -0.4 is 10.6 Å². The molecule has 0 aliphatic rings. The summed E-state index contributed by atoms with van der Waals surface area (Å²) in [7, 11) is 1.68. The molecule has 5 nitrogen and oxygen atoms in total. The summed E-state index contributed by atoms with van der Waals surface area (Å²) >= 11 is 0. The first-order valence-electron chi connectivity index (χ1n) is 5.08. The van der Waals surface area contributed by atoms with Crippen molar-refractivity contribution in [1.82, 2.24) is 9.97 Å². The molecule has 0 spiro atoms. The molecular weight excluding hydrogens is 192 g/mol. The number of nitrogens with zero attached hydrogens (tertiary/aromatic N) is 2. The molecule has 0 saturated heterocycles. The average Bonchev–Trinajstić information content (AvgIpc) is 2.18. The Bertz CT molecular complexity index is 303. The molecule has 0 atom stereocenters. The smallest absolute Gasteiger partial charge is 0.224 e. The van der Waals surface area contributed by atoms with E-state index in [0.717, 1.165) is 24.6 Å². The maximum atomic E-state index is 4.95. The summed E-state index contributed by atoms with van der Waals surface area (Å²) in [6, 6.07) is 1.91. The fraction of sp³-hybridized carbons (Fsp3) is 0.600. The van der Waals surface area contributed by atoms with Gasteiger partial charge in [0, 0.05) is 32.0 Å². The molecule has 0 unspecified atom stereocenters. The lowest BCUT2D eigenvalue weighted by Gasteiger charge is -2.08. The molecule has 1 heterocycles. The highest BCUT2D eigenvalue weighted by Gasteiger charge is 2.00. The fourth-order valence-electron chi connectivity index (χ4n) is 1.18. The van der Waals surface area contributed by atoms with Gasteiger partial charge < -0.3 is 15.4 Å². The molecule has 2 N–H and O–H groups in total. The SMILES string of the molecule is CCNc1nc(C)cc(NCCOC)n1. The average molecular weight is 210 g/mol. The number of aromatic nitrogens is 2. The molecule has 15 heavy (non-hydrogen) atoms. The topological polar surface area (TPSA) is 59.1 Å². The molecular formula is C10H18N4O. The lowest BCUT2D eigenvalue weighted by atomic mass is 10.4. The van der Waals surface area contributed by atoms with E-state index in [1.54, 1.807) is 7.11 Å². The highest BCUT2D eigenvalue weighted by Crippen LogP contribution is 2.08. The molecule has 84 valence electrons. The van der Waals surface area contributed by atoms with Crippen LogP contribution in [0.25, 0.3) is 0 Å². The number of anilines is 2. The first-order chi connectivity index (χ1) is 7.26. The lowest BCUT2D eigenvalue weighted by molar-refractivity contribution is 0.210. The molecule has 0 aliphatic carbocycles. The van der Waals surface area contributed by atoms with Gasteiger partial charge in [-0.1, -0.05) is 0 Å². The van der Waals surface area contributed by atoms with Crippen molar-refractivity contribution in [1.29, 1.82) is 0 Å². The van der Waals surface area contributed by atoms with E-state index in [2.05, 4.69) is 20.6 Å². The minimum absolute atomic E-state index is 0.664.